The first-order valence-electron chi connectivity index (χ1n) is 13.8. The summed E-state index contributed by atoms with van der Waals surface area (Å²) in [6.07, 6.45) is 0. The van der Waals surface area contributed by atoms with Gasteiger partial charge in [-0.2, -0.15) is 0 Å². The molecule has 8 rings (SSSR count). The lowest BCUT2D eigenvalue weighted by Crippen LogP contribution is -2.14. The van der Waals surface area contributed by atoms with Gasteiger partial charge < -0.3 is 4.57 Å². The molecule has 0 amide bonds. The van der Waals surface area contributed by atoms with Crippen LogP contribution in [0.1, 0.15) is 25.0 Å². The van der Waals surface area contributed by atoms with E-state index in [0.29, 0.717) is 0 Å². The Morgan fingerprint density at radius 3 is 2.08 bits per heavy atom. The van der Waals surface area contributed by atoms with E-state index in [1.54, 1.807) is 0 Å². The lowest BCUT2D eigenvalue weighted by Gasteiger charge is -2.21. The molecule has 1 aliphatic carbocycles. The van der Waals surface area contributed by atoms with E-state index in [0.717, 1.165) is 39.2 Å². The van der Waals surface area contributed by atoms with Gasteiger partial charge in [0, 0.05) is 38.6 Å². The van der Waals surface area contributed by atoms with E-state index in [9.17, 15) is 0 Å². The van der Waals surface area contributed by atoms with Crippen LogP contribution in [0.2, 0.25) is 0 Å². The molecule has 1 aliphatic rings. The zero-order chi connectivity index (χ0) is 26.8. The highest BCUT2D eigenvalue weighted by Crippen LogP contribution is 2.53. The van der Waals surface area contributed by atoms with Crippen molar-refractivity contribution in [3.8, 4) is 39.6 Å². The summed E-state index contributed by atoms with van der Waals surface area (Å²) in [4.78, 5) is 10.2. The minimum Gasteiger partial charge on any atom is -0.309 e. The van der Waals surface area contributed by atoms with Gasteiger partial charge in [0.15, 0.2) is 5.82 Å². The van der Waals surface area contributed by atoms with Crippen molar-refractivity contribution in [3.05, 3.63) is 139 Å². The highest BCUT2D eigenvalue weighted by molar-refractivity contribution is 6.01. The molecule has 0 unspecified atom stereocenters. The van der Waals surface area contributed by atoms with Crippen LogP contribution in [0.3, 0.4) is 0 Å². The Morgan fingerprint density at radius 2 is 1.27 bits per heavy atom. The van der Waals surface area contributed by atoms with E-state index in [-0.39, 0.29) is 5.41 Å². The van der Waals surface area contributed by atoms with Crippen LogP contribution in [0.25, 0.3) is 61.4 Å². The molecule has 0 radical (unpaired) electrons. The summed E-state index contributed by atoms with van der Waals surface area (Å²) in [6.45, 7) is 4.70. The Hall–Kier alpha value is -5.02. The molecule has 0 N–H and O–H groups in total. The van der Waals surface area contributed by atoms with Gasteiger partial charge in [0.05, 0.1) is 22.4 Å². The van der Waals surface area contributed by atoms with Crippen LogP contribution in [0.4, 0.5) is 0 Å². The molecule has 0 spiro atoms. The number of hydrogen-bond donors (Lipinski definition) is 0. The lowest BCUT2D eigenvalue weighted by molar-refractivity contribution is 0.666. The molecule has 0 atom stereocenters. The number of para-hydroxylation sites is 1. The molecule has 7 aromatic rings. The van der Waals surface area contributed by atoms with Crippen LogP contribution in [0, 0.1) is 0 Å². The first-order valence-corrected chi connectivity index (χ1v) is 13.8. The largest absolute Gasteiger partial charge is 0.309 e. The molecule has 0 aliphatic heterocycles. The summed E-state index contributed by atoms with van der Waals surface area (Å²) in [5.74, 6) is 0.739. The third-order valence-corrected chi connectivity index (χ3v) is 8.37. The number of nitrogens with zero attached hydrogens (tertiary/aromatic N) is 3. The van der Waals surface area contributed by atoms with Crippen molar-refractivity contribution < 1.29 is 0 Å². The first-order chi connectivity index (χ1) is 19.6. The van der Waals surface area contributed by atoms with Crippen molar-refractivity contribution in [2.45, 2.75) is 19.3 Å². The summed E-state index contributed by atoms with van der Waals surface area (Å²) in [5, 5.41) is 2.35. The van der Waals surface area contributed by atoms with Crippen LogP contribution >= 0.6 is 0 Å². The topological polar surface area (TPSA) is 30.7 Å². The van der Waals surface area contributed by atoms with Crippen LogP contribution in [-0.4, -0.2) is 14.5 Å². The van der Waals surface area contributed by atoms with Crippen LogP contribution in [0.15, 0.2) is 127 Å². The molecule has 190 valence electrons. The van der Waals surface area contributed by atoms with E-state index in [1.165, 1.54) is 33.3 Å². The van der Waals surface area contributed by atoms with Crippen molar-refractivity contribution in [1.82, 2.24) is 14.5 Å². The molecule has 3 nitrogen and oxygen atoms in total. The zero-order valence-corrected chi connectivity index (χ0v) is 22.5. The van der Waals surface area contributed by atoms with Gasteiger partial charge in [-0.25, -0.2) is 9.97 Å². The molecule has 0 saturated heterocycles. The maximum atomic E-state index is 5.14. The van der Waals surface area contributed by atoms with E-state index in [4.69, 9.17) is 9.97 Å². The maximum Gasteiger partial charge on any atom is 0.160 e. The normalized spacial score (nSPS) is 13.4. The van der Waals surface area contributed by atoms with Crippen molar-refractivity contribution >= 4 is 21.8 Å². The molecule has 5 aromatic carbocycles. The maximum absolute atomic E-state index is 5.14. The SMILES string of the molecule is CC1(C)c2ccccc2-c2c1c1ccccc1n2-c1ccc2nc(-c3ccccc3)nc(-c3ccccc3)c2c1. The summed E-state index contributed by atoms with van der Waals surface area (Å²) < 4.78 is 2.44. The van der Waals surface area contributed by atoms with Gasteiger partial charge in [-0.05, 0) is 35.4 Å². The molecule has 0 bridgehead atoms. The predicted octanol–water partition coefficient (Wildman–Crippen LogP) is 9.21. The fourth-order valence-electron chi connectivity index (χ4n) is 6.55. The average Bonchev–Trinajstić information content (AvgIpc) is 3.48. The second-order valence-electron chi connectivity index (χ2n) is 11.1. The lowest BCUT2D eigenvalue weighted by atomic mass is 9.81. The number of aromatic nitrogens is 3. The van der Waals surface area contributed by atoms with Gasteiger partial charge in [0.2, 0.25) is 0 Å². The minimum absolute atomic E-state index is 0.0868. The van der Waals surface area contributed by atoms with Crippen LogP contribution < -0.4 is 0 Å². The summed E-state index contributed by atoms with van der Waals surface area (Å²) in [6, 6.07) is 45.0. The Balaban J connectivity index is 1.44. The highest BCUT2D eigenvalue weighted by atomic mass is 15.0. The third kappa shape index (κ3) is 3.24. The van der Waals surface area contributed by atoms with Crippen LogP contribution in [-0.2, 0) is 5.41 Å². The monoisotopic (exact) mass is 513 g/mol. The minimum atomic E-state index is -0.0868. The fourth-order valence-corrected chi connectivity index (χ4v) is 6.55. The molecule has 0 fully saturated rings. The quantitative estimate of drug-likeness (QED) is 0.236. The van der Waals surface area contributed by atoms with Gasteiger partial charge in [0.25, 0.3) is 0 Å². The Kier molecular flexibility index (Phi) is 4.86. The first kappa shape index (κ1) is 22.9. The van der Waals surface area contributed by atoms with Crippen molar-refractivity contribution in [2.75, 3.05) is 0 Å². The van der Waals surface area contributed by atoms with E-state index >= 15 is 0 Å². The van der Waals surface area contributed by atoms with Gasteiger partial charge in [-0.15, -0.1) is 0 Å². The van der Waals surface area contributed by atoms with Crippen molar-refractivity contribution in [1.29, 1.82) is 0 Å². The Bertz CT molecular complexity index is 2070. The number of rotatable bonds is 3. The van der Waals surface area contributed by atoms with Crippen molar-refractivity contribution in [2.24, 2.45) is 0 Å². The molecule has 2 heterocycles. The molecular weight excluding hydrogens is 486 g/mol. The molecule has 3 heteroatoms. The average molecular weight is 514 g/mol. The Morgan fingerprint density at radius 1 is 0.600 bits per heavy atom. The third-order valence-electron chi connectivity index (χ3n) is 8.37. The second-order valence-corrected chi connectivity index (χ2v) is 11.1. The van der Waals surface area contributed by atoms with Gasteiger partial charge >= 0.3 is 0 Å². The summed E-state index contributed by atoms with van der Waals surface area (Å²) in [7, 11) is 0. The predicted molar refractivity (Wildman–Crippen MR) is 165 cm³/mol. The number of fused-ring (bicyclic) bond motifs is 6. The van der Waals surface area contributed by atoms with Gasteiger partial charge in [0.1, 0.15) is 0 Å². The van der Waals surface area contributed by atoms with E-state index in [1.807, 2.05) is 24.3 Å². The highest BCUT2D eigenvalue weighted by Gasteiger charge is 2.40. The van der Waals surface area contributed by atoms with Gasteiger partial charge in [-0.3, -0.25) is 0 Å². The molecular formula is C37H27N3. The van der Waals surface area contributed by atoms with E-state index < -0.39 is 0 Å². The standard InChI is InChI=1S/C37H27N3/c1-37(2)30-19-11-9-17-27(30)35-33(37)28-18-10-12-20-32(28)40(35)26-21-22-31-29(23-26)34(24-13-5-3-6-14-24)39-36(38-31)25-15-7-4-8-16-25/h3-23H,1-2H3. The molecule has 2 aromatic heterocycles. The van der Waals surface area contributed by atoms with Crippen molar-refractivity contribution in [3.63, 3.8) is 0 Å². The summed E-state index contributed by atoms with van der Waals surface area (Å²) in [5.41, 5.74) is 11.6. The fraction of sp³-hybridized carbons (Fsp3) is 0.0811. The van der Waals surface area contributed by atoms with E-state index in [2.05, 4.69) is 122 Å². The van der Waals surface area contributed by atoms with Crippen LogP contribution in [0.5, 0.6) is 0 Å². The Labute approximate surface area is 233 Å². The smallest absolute Gasteiger partial charge is 0.160 e. The summed E-state index contributed by atoms with van der Waals surface area (Å²) >= 11 is 0. The number of benzene rings is 5. The van der Waals surface area contributed by atoms with Gasteiger partial charge in [-0.1, -0.05) is 117 Å². The molecule has 0 saturated carbocycles. The second kappa shape index (κ2) is 8.49. The number of hydrogen-bond acceptors (Lipinski definition) is 2. The molecule has 40 heavy (non-hydrogen) atoms. The zero-order valence-electron chi connectivity index (χ0n) is 22.5.